The number of hydrogen-bond acceptors (Lipinski definition) is 1. The highest BCUT2D eigenvalue weighted by Gasteiger charge is 2.13. The SMILES string of the molecule is CCC1CCC(=CCCN)CC1. The Morgan fingerprint density at radius 3 is 2.58 bits per heavy atom. The zero-order valence-corrected chi connectivity index (χ0v) is 8.18. The van der Waals surface area contributed by atoms with Gasteiger partial charge in [0.25, 0.3) is 0 Å². The fourth-order valence-electron chi connectivity index (χ4n) is 1.95. The van der Waals surface area contributed by atoms with Gasteiger partial charge in [0.2, 0.25) is 0 Å². The van der Waals surface area contributed by atoms with E-state index in [1.807, 2.05) is 0 Å². The molecule has 0 aromatic carbocycles. The van der Waals surface area contributed by atoms with Crippen LogP contribution in [0.4, 0.5) is 0 Å². The number of hydrogen-bond donors (Lipinski definition) is 1. The van der Waals surface area contributed by atoms with Crippen molar-refractivity contribution in [2.24, 2.45) is 11.7 Å². The zero-order valence-electron chi connectivity index (χ0n) is 8.18. The lowest BCUT2D eigenvalue weighted by Gasteiger charge is -2.22. The van der Waals surface area contributed by atoms with E-state index in [4.69, 9.17) is 5.73 Å². The monoisotopic (exact) mass is 167 g/mol. The summed E-state index contributed by atoms with van der Waals surface area (Å²) >= 11 is 0. The molecule has 1 nitrogen and oxygen atoms in total. The first kappa shape index (κ1) is 9.79. The van der Waals surface area contributed by atoms with Gasteiger partial charge in [0, 0.05) is 0 Å². The molecule has 1 fully saturated rings. The Morgan fingerprint density at radius 2 is 2.08 bits per heavy atom. The van der Waals surface area contributed by atoms with Gasteiger partial charge in [-0.2, -0.15) is 0 Å². The summed E-state index contributed by atoms with van der Waals surface area (Å²) in [6, 6.07) is 0. The van der Waals surface area contributed by atoms with Gasteiger partial charge in [-0.3, -0.25) is 0 Å². The smallest absolute Gasteiger partial charge is 0.00425 e. The molecule has 0 spiro atoms. The Balaban J connectivity index is 2.25. The Kier molecular flexibility index (Phi) is 4.37. The van der Waals surface area contributed by atoms with E-state index in [0.717, 1.165) is 18.9 Å². The third-order valence-corrected chi connectivity index (χ3v) is 2.92. The van der Waals surface area contributed by atoms with E-state index in [2.05, 4.69) is 13.0 Å². The molecule has 0 bridgehead atoms. The van der Waals surface area contributed by atoms with Gasteiger partial charge in [0.1, 0.15) is 0 Å². The molecule has 0 unspecified atom stereocenters. The Morgan fingerprint density at radius 1 is 1.42 bits per heavy atom. The summed E-state index contributed by atoms with van der Waals surface area (Å²) < 4.78 is 0. The van der Waals surface area contributed by atoms with Crippen molar-refractivity contribution in [3.63, 3.8) is 0 Å². The average molecular weight is 167 g/mol. The van der Waals surface area contributed by atoms with E-state index < -0.39 is 0 Å². The van der Waals surface area contributed by atoms with Gasteiger partial charge < -0.3 is 5.73 Å². The number of allylic oxidation sites excluding steroid dienone is 1. The van der Waals surface area contributed by atoms with Crippen molar-refractivity contribution in [1.29, 1.82) is 0 Å². The van der Waals surface area contributed by atoms with Crippen molar-refractivity contribution >= 4 is 0 Å². The second-order valence-electron chi connectivity index (χ2n) is 3.79. The van der Waals surface area contributed by atoms with Gasteiger partial charge in [-0.25, -0.2) is 0 Å². The van der Waals surface area contributed by atoms with Crippen LogP contribution in [0.2, 0.25) is 0 Å². The highest BCUT2D eigenvalue weighted by atomic mass is 14.5. The van der Waals surface area contributed by atoms with Crippen LogP contribution in [0.3, 0.4) is 0 Å². The normalized spacial score (nSPS) is 24.2. The van der Waals surface area contributed by atoms with E-state index in [1.54, 1.807) is 5.57 Å². The largest absolute Gasteiger partial charge is 0.330 e. The van der Waals surface area contributed by atoms with Gasteiger partial charge in [-0.05, 0) is 44.6 Å². The highest BCUT2D eigenvalue weighted by Crippen LogP contribution is 2.29. The summed E-state index contributed by atoms with van der Waals surface area (Å²) in [5.74, 6) is 1.00. The summed E-state index contributed by atoms with van der Waals surface area (Å²) in [4.78, 5) is 0. The van der Waals surface area contributed by atoms with Crippen LogP contribution in [0, 0.1) is 5.92 Å². The molecule has 0 aromatic rings. The molecule has 0 atom stereocenters. The van der Waals surface area contributed by atoms with Gasteiger partial charge in [-0.15, -0.1) is 0 Å². The van der Waals surface area contributed by atoms with Crippen molar-refractivity contribution in [1.82, 2.24) is 0 Å². The minimum Gasteiger partial charge on any atom is -0.330 e. The molecule has 1 heteroatoms. The summed E-state index contributed by atoms with van der Waals surface area (Å²) in [6.07, 6.45) is 10.3. The minimum absolute atomic E-state index is 0.806. The third kappa shape index (κ3) is 2.98. The fraction of sp³-hybridized carbons (Fsp3) is 0.818. The zero-order chi connectivity index (χ0) is 8.81. The molecule has 0 amide bonds. The van der Waals surface area contributed by atoms with Crippen LogP contribution >= 0.6 is 0 Å². The lowest BCUT2D eigenvalue weighted by atomic mass is 9.84. The molecule has 1 rings (SSSR count). The van der Waals surface area contributed by atoms with E-state index in [1.165, 1.54) is 32.1 Å². The van der Waals surface area contributed by atoms with Crippen LogP contribution < -0.4 is 5.73 Å². The molecule has 12 heavy (non-hydrogen) atoms. The number of nitrogens with two attached hydrogens (primary N) is 1. The predicted molar refractivity (Wildman–Crippen MR) is 54.0 cm³/mol. The molecular weight excluding hydrogens is 146 g/mol. The Bertz CT molecular complexity index is 139. The maximum absolute atomic E-state index is 5.45. The predicted octanol–water partition coefficient (Wildman–Crippen LogP) is 2.86. The second-order valence-corrected chi connectivity index (χ2v) is 3.79. The Hall–Kier alpha value is -0.300. The van der Waals surface area contributed by atoms with E-state index >= 15 is 0 Å². The Labute approximate surface area is 76.0 Å². The summed E-state index contributed by atoms with van der Waals surface area (Å²) in [5.41, 5.74) is 7.11. The van der Waals surface area contributed by atoms with Crippen LogP contribution in [0.15, 0.2) is 11.6 Å². The molecule has 1 saturated carbocycles. The molecular formula is C11H21N. The van der Waals surface area contributed by atoms with Crippen molar-refractivity contribution in [3.05, 3.63) is 11.6 Å². The molecule has 0 aliphatic heterocycles. The van der Waals surface area contributed by atoms with Gasteiger partial charge >= 0.3 is 0 Å². The van der Waals surface area contributed by atoms with Crippen LogP contribution in [-0.4, -0.2) is 6.54 Å². The summed E-state index contributed by atoms with van der Waals surface area (Å²) in [5, 5.41) is 0. The third-order valence-electron chi connectivity index (χ3n) is 2.92. The summed E-state index contributed by atoms with van der Waals surface area (Å²) in [7, 11) is 0. The highest BCUT2D eigenvalue weighted by molar-refractivity contribution is 5.05. The molecule has 0 heterocycles. The van der Waals surface area contributed by atoms with Gasteiger partial charge in [-0.1, -0.05) is 25.0 Å². The number of rotatable bonds is 3. The topological polar surface area (TPSA) is 26.0 Å². The maximum Gasteiger partial charge on any atom is -0.00425 e. The van der Waals surface area contributed by atoms with Crippen molar-refractivity contribution in [2.75, 3.05) is 6.54 Å². The standard InChI is InChI=1S/C11H21N/c1-2-10-5-7-11(8-6-10)4-3-9-12/h4,10H,2-3,5-9,12H2,1H3. The maximum atomic E-state index is 5.45. The lowest BCUT2D eigenvalue weighted by molar-refractivity contribution is 0.397. The molecule has 0 aromatic heterocycles. The van der Waals surface area contributed by atoms with Crippen LogP contribution in [0.1, 0.15) is 45.4 Å². The molecule has 1 aliphatic rings. The fourth-order valence-corrected chi connectivity index (χ4v) is 1.95. The van der Waals surface area contributed by atoms with E-state index in [-0.39, 0.29) is 0 Å². The molecule has 2 N–H and O–H groups in total. The molecule has 70 valence electrons. The van der Waals surface area contributed by atoms with Crippen molar-refractivity contribution < 1.29 is 0 Å². The van der Waals surface area contributed by atoms with Crippen LogP contribution in [-0.2, 0) is 0 Å². The van der Waals surface area contributed by atoms with Crippen LogP contribution in [0.25, 0.3) is 0 Å². The first-order valence-electron chi connectivity index (χ1n) is 5.24. The molecule has 0 radical (unpaired) electrons. The van der Waals surface area contributed by atoms with Crippen molar-refractivity contribution in [3.8, 4) is 0 Å². The van der Waals surface area contributed by atoms with Crippen molar-refractivity contribution in [2.45, 2.75) is 45.4 Å². The minimum atomic E-state index is 0.806. The van der Waals surface area contributed by atoms with Crippen LogP contribution in [0.5, 0.6) is 0 Å². The lowest BCUT2D eigenvalue weighted by Crippen LogP contribution is -2.07. The molecule has 0 saturated heterocycles. The first-order chi connectivity index (χ1) is 5.86. The van der Waals surface area contributed by atoms with Gasteiger partial charge in [0.05, 0.1) is 0 Å². The average Bonchev–Trinajstić information content (AvgIpc) is 2.15. The van der Waals surface area contributed by atoms with Gasteiger partial charge in [0.15, 0.2) is 0 Å². The first-order valence-corrected chi connectivity index (χ1v) is 5.24. The van der Waals surface area contributed by atoms with E-state index in [9.17, 15) is 0 Å². The van der Waals surface area contributed by atoms with E-state index in [0.29, 0.717) is 0 Å². The molecule has 1 aliphatic carbocycles. The summed E-state index contributed by atoms with van der Waals surface area (Å²) in [6.45, 7) is 3.11. The quantitative estimate of drug-likeness (QED) is 0.643. The second kappa shape index (κ2) is 5.36.